The molecule has 1 amide bonds. The van der Waals surface area contributed by atoms with Gasteiger partial charge in [-0.2, -0.15) is 0 Å². The lowest BCUT2D eigenvalue weighted by atomic mass is 10.1. The van der Waals surface area contributed by atoms with Gasteiger partial charge in [0.15, 0.2) is 0 Å². The Morgan fingerprint density at radius 2 is 1.91 bits per heavy atom. The minimum atomic E-state index is -0.219. The molecule has 0 aliphatic heterocycles. The van der Waals surface area contributed by atoms with Gasteiger partial charge in [-0.3, -0.25) is 4.79 Å². The van der Waals surface area contributed by atoms with Crippen molar-refractivity contribution in [2.24, 2.45) is 0 Å². The number of nitrogens with one attached hydrogen (secondary N) is 2. The average Bonchev–Trinajstić information content (AvgIpc) is 2.55. The van der Waals surface area contributed by atoms with Crippen LogP contribution in [0.2, 0.25) is 5.02 Å². The molecular weight excluding hydrogens is 300 g/mol. The van der Waals surface area contributed by atoms with Crippen molar-refractivity contribution in [3.05, 3.63) is 52.9 Å². The molecule has 5 nitrogen and oxygen atoms in total. The molecule has 22 heavy (non-hydrogen) atoms. The molecule has 2 N–H and O–H groups in total. The number of hydrogen-bond acceptors (Lipinski definition) is 4. The summed E-state index contributed by atoms with van der Waals surface area (Å²) in [6, 6.07) is 7.57. The van der Waals surface area contributed by atoms with Gasteiger partial charge in [-0.15, -0.1) is 0 Å². The number of carbonyl (C=O) groups excluding carboxylic acids is 1. The first-order valence-corrected chi connectivity index (χ1v) is 7.65. The third-order valence-electron chi connectivity index (χ3n) is 3.05. The zero-order chi connectivity index (χ0) is 15.8. The van der Waals surface area contributed by atoms with Crippen LogP contribution in [0.3, 0.4) is 0 Å². The van der Waals surface area contributed by atoms with Gasteiger partial charge in [-0.1, -0.05) is 30.7 Å². The van der Waals surface area contributed by atoms with Gasteiger partial charge >= 0.3 is 0 Å². The predicted molar refractivity (Wildman–Crippen MR) is 88.3 cm³/mol. The van der Waals surface area contributed by atoms with Crippen molar-refractivity contribution in [3.8, 4) is 0 Å². The lowest BCUT2D eigenvalue weighted by Gasteiger charge is -2.06. The van der Waals surface area contributed by atoms with E-state index >= 15 is 0 Å². The van der Waals surface area contributed by atoms with Crippen molar-refractivity contribution in [1.82, 2.24) is 15.3 Å². The van der Waals surface area contributed by atoms with E-state index in [1.165, 1.54) is 6.20 Å². The van der Waals surface area contributed by atoms with Crippen LogP contribution in [0, 0.1) is 0 Å². The molecule has 0 atom stereocenters. The standard InChI is InChI=1S/C16H19ClN4O/c1-2-8-18-15-11-20-14(10-21-15)16(22)19-9-7-12-3-5-13(17)6-4-12/h3-6,10-11H,2,7-9H2,1H3,(H,18,21)(H,19,22). The molecule has 0 bridgehead atoms. The summed E-state index contributed by atoms with van der Waals surface area (Å²) in [5, 5.41) is 6.65. The van der Waals surface area contributed by atoms with E-state index in [2.05, 4.69) is 27.5 Å². The Morgan fingerprint density at radius 3 is 2.55 bits per heavy atom. The molecule has 1 heterocycles. The van der Waals surface area contributed by atoms with E-state index in [0.717, 1.165) is 24.9 Å². The van der Waals surface area contributed by atoms with E-state index in [9.17, 15) is 4.79 Å². The Bertz CT molecular complexity index is 599. The molecule has 0 aliphatic carbocycles. The Morgan fingerprint density at radius 1 is 1.14 bits per heavy atom. The first-order chi connectivity index (χ1) is 10.7. The first-order valence-electron chi connectivity index (χ1n) is 7.27. The summed E-state index contributed by atoms with van der Waals surface area (Å²) in [5.74, 6) is 0.461. The summed E-state index contributed by atoms with van der Waals surface area (Å²) >= 11 is 5.83. The van der Waals surface area contributed by atoms with Crippen LogP contribution in [-0.4, -0.2) is 29.0 Å². The Labute approximate surface area is 135 Å². The van der Waals surface area contributed by atoms with Crippen LogP contribution in [-0.2, 0) is 6.42 Å². The molecule has 0 saturated carbocycles. The van der Waals surface area contributed by atoms with Crippen molar-refractivity contribution >= 4 is 23.3 Å². The van der Waals surface area contributed by atoms with E-state index in [1.54, 1.807) is 6.20 Å². The number of carbonyl (C=O) groups is 1. The summed E-state index contributed by atoms with van der Waals surface area (Å²) < 4.78 is 0. The highest BCUT2D eigenvalue weighted by atomic mass is 35.5. The van der Waals surface area contributed by atoms with Crippen LogP contribution in [0.15, 0.2) is 36.7 Å². The van der Waals surface area contributed by atoms with Gasteiger partial charge in [0.05, 0.1) is 12.4 Å². The molecule has 0 radical (unpaired) electrons. The third-order valence-corrected chi connectivity index (χ3v) is 3.31. The summed E-state index contributed by atoms with van der Waals surface area (Å²) in [5.41, 5.74) is 1.44. The third kappa shape index (κ3) is 5.00. The van der Waals surface area contributed by atoms with Gasteiger partial charge in [0, 0.05) is 18.1 Å². The van der Waals surface area contributed by atoms with Crippen molar-refractivity contribution in [1.29, 1.82) is 0 Å². The lowest BCUT2D eigenvalue weighted by molar-refractivity contribution is 0.0949. The molecule has 1 aromatic heterocycles. The Kier molecular flexibility index (Phi) is 6.15. The zero-order valence-electron chi connectivity index (χ0n) is 12.5. The highest BCUT2D eigenvalue weighted by Gasteiger charge is 2.07. The number of rotatable bonds is 7. The number of nitrogens with zero attached hydrogens (tertiary/aromatic N) is 2. The van der Waals surface area contributed by atoms with E-state index in [-0.39, 0.29) is 5.91 Å². The molecule has 6 heteroatoms. The van der Waals surface area contributed by atoms with Crippen molar-refractivity contribution in [3.63, 3.8) is 0 Å². The summed E-state index contributed by atoms with van der Waals surface area (Å²) in [6.45, 7) is 3.45. The SMILES string of the molecule is CCCNc1cnc(C(=O)NCCc2ccc(Cl)cc2)cn1. The largest absolute Gasteiger partial charge is 0.369 e. The number of benzene rings is 1. The van der Waals surface area contributed by atoms with Crippen molar-refractivity contribution < 1.29 is 4.79 Å². The number of anilines is 1. The Hall–Kier alpha value is -2.14. The topological polar surface area (TPSA) is 66.9 Å². The summed E-state index contributed by atoms with van der Waals surface area (Å²) in [4.78, 5) is 20.2. The number of aromatic nitrogens is 2. The van der Waals surface area contributed by atoms with Crippen LogP contribution in [0.5, 0.6) is 0 Å². The predicted octanol–water partition coefficient (Wildman–Crippen LogP) is 2.92. The zero-order valence-corrected chi connectivity index (χ0v) is 13.2. The second-order valence-electron chi connectivity index (χ2n) is 4.85. The number of hydrogen-bond donors (Lipinski definition) is 2. The van der Waals surface area contributed by atoms with Crippen LogP contribution in [0.1, 0.15) is 29.4 Å². The van der Waals surface area contributed by atoms with Crippen LogP contribution in [0.4, 0.5) is 5.82 Å². The number of halogens is 1. The van der Waals surface area contributed by atoms with Crippen molar-refractivity contribution in [2.45, 2.75) is 19.8 Å². The average molecular weight is 319 g/mol. The molecule has 2 aromatic rings. The van der Waals surface area contributed by atoms with Gasteiger partial charge in [0.2, 0.25) is 0 Å². The molecule has 2 rings (SSSR count). The fraction of sp³-hybridized carbons (Fsp3) is 0.312. The van der Waals surface area contributed by atoms with E-state index < -0.39 is 0 Å². The minimum Gasteiger partial charge on any atom is -0.369 e. The highest BCUT2D eigenvalue weighted by Crippen LogP contribution is 2.09. The van der Waals surface area contributed by atoms with Gasteiger partial charge in [0.1, 0.15) is 11.5 Å². The van der Waals surface area contributed by atoms with Crippen molar-refractivity contribution in [2.75, 3.05) is 18.4 Å². The van der Waals surface area contributed by atoms with Crippen LogP contribution < -0.4 is 10.6 Å². The maximum atomic E-state index is 12.0. The van der Waals surface area contributed by atoms with Gasteiger partial charge in [-0.25, -0.2) is 9.97 Å². The maximum absolute atomic E-state index is 12.0. The van der Waals surface area contributed by atoms with Crippen LogP contribution in [0.25, 0.3) is 0 Å². The first kappa shape index (κ1) is 16.2. The summed E-state index contributed by atoms with van der Waals surface area (Å²) in [7, 11) is 0. The highest BCUT2D eigenvalue weighted by molar-refractivity contribution is 6.30. The molecule has 0 saturated heterocycles. The minimum absolute atomic E-state index is 0.219. The maximum Gasteiger partial charge on any atom is 0.271 e. The monoisotopic (exact) mass is 318 g/mol. The molecule has 0 unspecified atom stereocenters. The molecular formula is C16H19ClN4O. The molecule has 0 fully saturated rings. The van der Waals surface area contributed by atoms with Gasteiger partial charge in [-0.05, 0) is 30.5 Å². The van der Waals surface area contributed by atoms with Gasteiger partial charge in [0.25, 0.3) is 5.91 Å². The summed E-state index contributed by atoms with van der Waals surface area (Å²) in [6.07, 6.45) is 4.81. The van der Waals surface area contributed by atoms with Crippen LogP contribution >= 0.6 is 11.6 Å². The molecule has 116 valence electrons. The molecule has 1 aromatic carbocycles. The van der Waals surface area contributed by atoms with E-state index in [4.69, 9.17) is 11.6 Å². The Balaban J connectivity index is 1.80. The molecule has 0 aliphatic rings. The molecule has 0 spiro atoms. The van der Waals surface area contributed by atoms with E-state index in [0.29, 0.717) is 23.1 Å². The van der Waals surface area contributed by atoms with Gasteiger partial charge < -0.3 is 10.6 Å². The fourth-order valence-electron chi connectivity index (χ4n) is 1.85. The quantitative estimate of drug-likeness (QED) is 0.823. The second kappa shape index (κ2) is 8.34. The second-order valence-corrected chi connectivity index (χ2v) is 5.28. The lowest BCUT2D eigenvalue weighted by Crippen LogP contribution is -2.26. The fourth-order valence-corrected chi connectivity index (χ4v) is 1.98. The number of amides is 1. The smallest absolute Gasteiger partial charge is 0.271 e. The van der Waals surface area contributed by atoms with E-state index in [1.807, 2.05) is 24.3 Å². The normalized spacial score (nSPS) is 10.3.